The highest BCUT2D eigenvalue weighted by Crippen LogP contribution is 2.34. The molecule has 0 amide bonds. The number of nitrogens with one attached hydrogen (secondary N) is 1. The van der Waals surface area contributed by atoms with E-state index >= 15 is 0 Å². The summed E-state index contributed by atoms with van der Waals surface area (Å²) in [5, 5.41) is 13.1. The molecule has 1 aromatic carbocycles. The fourth-order valence-electron chi connectivity index (χ4n) is 4.12. The topological polar surface area (TPSA) is 109 Å². The van der Waals surface area contributed by atoms with Crippen LogP contribution in [0.1, 0.15) is 61.1 Å². The summed E-state index contributed by atoms with van der Waals surface area (Å²) in [6.07, 6.45) is 4.61. The van der Waals surface area contributed by atoms with Crippen molar-refractivity contribution in [1.82, 2.24) is 9.97 Å². The summed E-state index contributed by atoms with van der Waals surface area (Å²) >= 11 is 0. The second-order valence-electron chi connectivity index (χ2n) is 9.29. The van der Waals surface area contributed by atoms with Gasteiger partial charge in [0.05, 0.1) is 11.4 Å². The van der Waals surface area contributed by atoms with E-state index in [0.29, 0.717) is 16.9 Å². The van der Waals surface area contributed by atoms with Gasteiger partial charge < -0.3 is 19.7 Å². The van der Waals surface area contributed by atoms with E-state index in [9.17, 15) is 14.7 Å². The van der Waals surface area contributed by atoms with Gasteiger partial charge in [-0.05, 0) is 43.7 Å². The lowest BCUT2D eigenvalue weighted by Gasteiger charge is -2.37. The molecular weight excluding hydrogens is 408 g/mol. The average Bonchev–Trinajstić information content (AvgIpc) is 2.74. The molecule has 168 valence electrons. The normalized spacial score (nSPS) is 16.7. The summed E-state index contributed by atoms with van der Waals surface area (Å²) in [5.74, 6) is -0.328. The molecule has 1 aliphatic rings. The number of hydrogen-bond donors (Lipinski definition) is 2. The maximum absolute atomic E-state index is 13.0. The Hall–Kier alpha value is -3.42. The third-order valence-electron chi connectivity index (χ3n) is 6.18. The summed E-state index contributed by atoms with van der Waals surface area (Å²) in [7, 11) is 0. The molecule has 0 saturated carbocycles. The first kappa shape index (κ1) is 21.8. The van der Waals surface area contributed by atoms with Gasteiger partial charge in [-0.15, -0.1) is 0 Å². The number of hydrogen-bond acceptors (Lipinski definition) is 7. The lowest BCUT2D eigenvalue weighted by Crippen LogP contribution is -2.37. The first-order valence-corrected chi connectivity index (χ1v) is 10.8. The molecule has 3 aromatic rings. The van der Waals surface area contributed by atoms with E-state index < -0.39 is 5.97 Å². The number of carbonyl (C=O) groups is 1. The molecule has 4 rings (SSSR count). The monoisotopic (exact) mass is 436 g/mol. The number of anilines is 2. The SMILES string of the molecule is Cc1cc(C(C)Nc2ncncc2C(=O)O)c2oc(N3CCC(C)(C)CC3)cc(=O)c2c1. The van der Waals surface area contributed by atoms with Crippen LogP contribution in [-0.4, -0.2) is 34.1 Å². The van der Waals surface area contributed by atoms with Crippen molar-refractivity contribution in [3.63, 3.8) is 0 Å². The van der Waals surface area contributed by atoms with Gasteiger partial charge in [-0.2, -0.15) is 0 Å². The van der Waals surface area contributed by atoms with Gasteiger partial charge in [0, 0.05) is 30.9 Å². The third-order valence-corrected chi connectivity index (χ3v) is 6.18. The van der Waals surface area contributed by atoms with Crippen LogP contribution < -0.4 is 15.6 Å². The van der Waals surface area contributed by atoms with Gasteiger partial charge in [0.25, 0.3) is 0 Å². The minimum atomic E-state index is -1.11. The highest BCUT2D eigenvalue weighted by atomic mass is 16.4. The number of rotatable bonds is 5. The van der Waals surface area contributed by atoms with Crippen LogP contribution in [0.3, 0.4) is 0 Å². The molecule has 1 saturated heterocycles. The molecule has 0 bridgehead atoms. The lowest BCUT2D eigenvalue weighted by molar-refractivity contribution is 0.0697. The summed E-state index contributed by atoms with van der Waals surface area (Å²) < 4.78 is 6.31. The van der Waals surface area contributed by atoms with E-state index in [1.807, 2.05) is 26.0 Å². The number of aromatic carboxylic acids is 1. The molecule has 3 heterocycles. The predicted molar refractivity (Wildman–Crippen MR) is 123 cm³/mol. The average molecular weight is 437 g/mol. The molecule has 2 N–H and O–H groups in total. The quantitative estimate of drug-likeness (QED) is 0.606. The molecule has 0 radical (unpaired) electrons. The van der Waals surface area contributed by atoms with Crippen LogP contribution in [0.25, 0.3) is 11.0 Å². The zero-order chi connectivity index (χ0) is 23.0. The van der Waals surface area contributed by atoms with E-state index in [2.05, 4.69) is 34.0 Å². The highest BCUT2D eigenvalue weighted by Gasteiger charge is 2.27. The maximum Gasteiger partial charge on any atom is 0.341 e. The zero-order valence-corrected chi connectivity index (χ0v) is 18.8. The molecule has 32 heavy (non-hydrogen) atoms. The Morgan fingerprint density at radius 2 is 1.97 bits per heavy atom. The fourth-order valence-corrected chi connectivity index (χ4v) is 4.12. The van der Waals surface area contributed by atoms with E-state index in [4.69, 9.17) is 4.42 Å². The lowest BCUT2D eigenvalue weighted by atomic mass is 9.83. The number of aromatic nitrogens is 2. The Kier molecular flexibility index (Phi) is 5.62. The number of nitrogens with zero attached hydrogens (tertiary/aromatic N) is 3. The van der Waals surface area contributed by atoms with Crippen molar-refractivity contribution in [2.45, 2.75) is 46.6 Å². The number of fused-ring (bicyclic) bond motifs is 1. The summed E-state index contributed by atoms with van der Waals surface area (Å²) in [5.41, 5.74) is 2.38. The van der Waals surface area contributed by atoms with Crippen molar-refractivity contribution in [3.8, 4) is 0 Å². The minimum absolute atomic E-state index is 0.0191. The van der Waals surface area contributed by atoms with Gasteiger partial charge in [-0.25, -0.2) is 14.8 Å². The second-order valence-corrected chi connectivity index (χ2v) is 9.29. The van der Waals surface area contributed by atoms with Gasteiger partial charge in [-0.1, -0.05) is 19.9 Å². The Bertz CT molecular complexity index is 1220. The first-order chi connectivity index (χ1) is 15.1. The van der Waals surface area contributed by atoms with Crippen molar-refractivity contribution in [3.05, 3.63) is 57.6 Å². The Balaban J connectivity index is 1.75. The predicted octanol–water partition coefficient (Wildman–Crippen LogP) is 4.39. The molecule has 2 aromatic heterocycles. The van der Waals surface area contributed by atoms with Gasteiger partial charge in [-0.3, -0.25) is 4.79 Å². The van der Waals surface area contributed by atoms with Gasteiger partial charge in [0.1, 0.15) is 23.3 Å². The van der Waals surface area contributed by atoms with Crippen LogP contribution in [0.15, 0.2) is 39.9 Å². The molecule has 0 aliphatic carbocycles. The van der Waals surface area contributed by atoms with Gasteiger partial charge >= 0.3 is 5.97 Å². The Morgan fingerprint density at radius 3 is 2.66 bits per heavy atom. The fraction of sp³-hybridized carbons (Fsp3) is 0.417. The Labute approximate surface area is 186 Å². The molecule has 8 nitrogen and oxygen atoms in total. The molecule has 0 spiro atoms. The third kappa shape index (κ3) is 4.30. The maximum atomic E-state index is 13.0. The van der Waals surface area contributed by atoms with E-state index in [1.165, 1.54) is 12.5 Å². The molecular formula is C24H28N4O4. The van der Waals surface area contributed by atoms with Crippen LogP contribution >= 0.6 is 0 Å². The summed E-state index contributed by atoms with van der Waals surface area (Å²) in [6.45, 7) is 9.99. The van der Waals surface area contributed by atoms with Crippen molar-refractivity contribution in [2.24, 2.45) is 5.41 Å². The number of carboxylic acid groups (broad SMARTS) is 1. The standard InChI is InChI=1S/C24H28N4O4/c1-14-9-16(15(2)27-22-18(23(30)31)12-25-13-26-22)21-17(10-14)19(29)11-20(32-21)28-7-5-24(3,4)6-8-28/h9-13,15H,5-8H2,1-4H3,(H,30,31)(H,25,26,27). The molecule has 1 aliphatic heterocycles. The van der Waals surface area contributed by atoms with E-state index in [1.54, 1.807) is 6.07 Å². The number of carboxylic acids is 1. The highest BCUT2D eigenvalue weighted by molar-refractivity contribution is 5.92. The molecule has 8 heteroatoms. The van der Waals surface area contributed by atoms with Crippen LogP contribution in [-0.2, 0) is 0 Å². The van der Waals surface area contributed by atoms with Crippen LogP contribution in [0.5, 0.6) is 0 Å². The summed E-state index contributed by atoms with van der Waals surface area (Å²) in [4.78, 5) is 34.5. The largest absolute Gasteiger partial charge is 0.477 e. The number of benzene rings is 1. The van der Waals surface area contributed by atoms with E-state index in [-0.39, 0.29) is 28.3 Å². The number of aryl methyl sites for hydroxylation is 1. The molecule has 1 fully saturated rings. The van der Waals surface area contributed by atoms with Gasteiger partial charge in [0.15, 0.2) is 11.3 Å². The summed E-state index contributed by atoms with van der Waals surface area (Å²) in [6, 6.07) is 5.00. The van der Waals surface area contributed by atoms with Gasteiger partial charge in [0.2, 0.25) is 0 Å². The zero-order valence-electron chi connectivity index (χ0n) is 18.8. The van der Waals surface area contributed by atoms with Crippen LogP contribution in [0.2, 0.25) is 0 Å². The Morgan fingerprint density at radius 1 is 1.25 bits per heavy atom. The van der Waals surface area contributed by atoms with E-state index in [0.717, 1.165) is 37.1 Å². The first-order valence-electron chi connectivity index (χ1n) is 10.8. The van der Waals surface area contributed by atoms with Crippen molar-refractivity contribution >= 4 is 28.6 Å². The second kappa shape index (κ2) is 8.26. The van der Waals surface area contributed by atoms with Crippen LogP contribution in [0, 0.1) is 12.3 Å². The molecule has 1 unspecified atom stereocenters. The van der Waals surface area contributed by atoms with Crippen molar-refractivity contribution in [2.75, 3.05) is 23.3 Å². The minimum Gasteiger partial charge on any atom is -0.477 e. The smallest absolute Gasteiger partial charge is 0.341 e. The molecule has 1 atom stereocenters. The van der Waals surface area contributed by atoms with Crippen LogP contribution in [0.4, 0.5) is 11.7 Å². The van der Waals surface area contributed by atoms with Crippen molar-refractivity contribution in [1.29, 1.82) is 0 Å². The van der Waals surface area contributed by atoms with Crippen molar-refractivity contribution < 1.29 is 14.3 Å². The number of piperidine rings is 1.